The van der Waals surface area contributed by atoms with Gasteiger partial charge in [-0.25, -0.2) is 9.78 Å². The van der Waals surface area contributed by atoms with Crippen molar-refractivity contribution in [2.24, 2.45) is 5.92 Å². The average molecular weight is 274 g/mol. The van der Waals surface area contributed by atoms with Crippen LogP contribution in [-0.2, 0) is 19.0 Å². The van der Waals surface area contributed by atoms with Crippen LogP contribution in [0.2, 0.25) is 0 Å². The van der Waals surface area contributed by atoms with Gasteiger partial charge in [0.25, 0.3) is 0 Å². The molecule has 1 atom stereocenters. The highest BCUT2D eigenvalue weighted by Crippen LogP contribution is 2.39. The van der Waals surface area contributed by atoms with Crippen molar-refractivity contribution in [1.82, 2.24) is 4.98 Å². The lowest BCUT2D eigenvalue weighted by Crippen LogP contribution is -2.17. The first kappa shape index (κ1) is 13.6. The Morgan fingerprint density at radius 3 is 2.58 bits per heavy atom. The number of carbonyl (C=O) groups is 1. The predicted octanol–water partition coefficient (Wildman–Crippen LogP) is 3.23. The fourth-order valence-electron chi connectivity index (χ4n) is 2.47. The molecule has 1 aliphatic rings. The average Bonchev–Trinajstić information content (AvgIpc) is 2.60. The molecule has 1 aromatic heterocycles. The van der Waals surface area contributed by atoms with Gasteiger partial charge in [-0.2, -0.15) is 13.2 Å². The van der Waals surface area contributed by atoms with Crippen molar-refractivity contribution >= 4 is 11.8 Å². The minimum atomic E-state index is -4.58. The molecule has 1 amide bonds. The number of halogens is 3. The van der Waals surface area contributed by atoms with Crippen LogP contribution in [0.5, 0.6) is 0 Å². The molecular weight excluding hydrogens is 261 g/mol. The number of rotatable bonds is 1. The summed E-state index contributed by atoms with van der Waals surface area (Å²) < 4.78 is 38.7. The molecule has 7 heteroatoms. The maximum absolute atomic E-state index is 12.9. The first-order valence-corrected chi connectivity index (χ1v) is 5.79. The minimum absolute atomic E-state index is 0.0363. The highest BCUT2D eigenvalue weighted by molar-refractivity contribution is 5.86. The number of pyridine rings is 1. The van der Waals surface area contributed by atoms with Gasteiger partial charge < -0.3 is 5.11 Å². The van der Waals surface area contributed by atoms with Crippen LogP contribution in [0.25, 0.3) is 0 Å². The molecule has 4 nitrogen and oxygen atoms in total. The van der Waals surface area contributed by atoms with E-state index >= 15 is 0 Å². The first-order chi connectivity index (χ1) is 8.70. The molecule has 0 fully saturated rings. The zero-order chi connectivity index (χ0) is 14.4. The zero-order valence-electron chi connectivity index (χ0n) is 10.4. The molecule has 1 heterocycles. The van der Waals surface area contributed by atoms with Crippen molar-refractivity contribution in [2.75, 3.05) is 5.32 Å². The zero-order valence-corrected chi connectivity index (χ0v) is 10.4. The summed E-state index contributed by atoms with van der Waals surface area (Å²) in [5, 5.41) is 10.9. The second-order valence-corrected chi connectivity index (χ2v) is 4.83. The molecule has 0 bridgehead atoms. The molecule has 104 valence electrons. The van der Waals surface area contributed by atoms with Crippen molar-refractivity contribution in [3.63, 3.8) is 0 Å². The summed E-state index contributed by atoms with van der Waals surface area (Å²) in [5.41, 5.74) is -0.212. The molecule has 1 aromatic rings. The van der Waals surface area contributed by atoms with Gasteiger partial charge in [0.2, 0.25) is 0 Å². The van der Waals surface area contributed by atoms with E-state index < -0.39 is 18.0 Å². The van der Waals surface area contributed by atoms with Crippen molar-refractivity contribution in [1.29, 1.82) is 0 Å². The van der Waals surface area contributed by atoms with Gasteiger partial charge in [0.15, 0.2) is 0 Å². The summed E-state index contributed by atoms with van der Waals surface area (Å²) in [4.78, 5) is 14.4. The maximum atomic E-state index is 12.9. The van der Waals surface area contributed by atoms with Crippen LogP contribution in [0.4, 0.5) is 23.7 Å². The van der Waals surface area contributed by atoms with Crippen molar-refractivity contribution < 1.29 is 23.1 Å². The monoisotopic (exact) mass is 274 g/mol. The second kappa shape index (κ2) is 4.40. The van der Waals surface area contributed by atoms with Gasteiger partial charge in [0.05, 0.1) is 5.69 Å². The third-order valence-corrected chi connectivity index (χ3v) is 3.22. The van der Waals surface area contributed by atoms with E-state index in [-0.39, 0.29) is 17.2 Å². The summed E-state index contributed by atoms with van der Waals surface area (Å²) >= 11 is 0. The highest BCUT2D eigenvalue weighted by Gasteiger charge is 2.38. The normalized spacial score (nSPS) is 18.3. The molecule has 19 heavy (non-hydrogen) atoms. The molecule has 2 rings (SSSR count). The van der Waals surface area contributed by atoms with Gasteiger partial charge in [-0.15, -0.1) is 0 Å². The lowest BCUT2D eigenvalue weighted by atomic mass is 10.0. The number of nitrogens with one attached hydrogen (secondary N) is 1. The molecule has 0 saturated carbocycles. The number of alkyl halides is 3. The van der Waals surface area contributed by atoms with Gasteiger partial charge in [-0.05, 0) is 31.2 Å². The van der Waals surface area contributed by atoms with E-state index in [4.69, 9.17) is 5.11 Å². The van der Waals surface area contributed by atoms with E-state index in [0.29, 0.717) is 24.1 Å². The number of carboxylic acid groups (broad SMARTS) is 1. The number of hydrogen-bond donors (Lipinski definition) is 2. The topological polar surface area (TPSA) is 62.2 Å². The Labute approximate surface area is 107 Å². The van der Waals surface area contributed by atoms with E-state index in [1.165, 1.54) is 6.92 Å². The first-order valence-electron chi connectivity index (χ1n) is 5.79. The lowest BCUT2D eigenvalue weighted by Gasteiger charge is -2.16. The van der Waals surface area contributed by atoms with Crippen LogP contribution in [0, 0.1) is 12.8 Å². The molecule has 0 aliphatic heterocycles. The van der Waals surface area contributed by atoms with Crippen LogP contribution >= 0.6 is 0 Å². The Hall–Kier alpha value is -1.79. The smallest absolute Gasteiger partial charge is 0.433 e. The predicted molar refractivity (Wildman–Crippen MR) is 62.2 cm³/mol. The largest absolute Gasteiger partial charge is 0.465 e. The summed E-state index contributed by atoms with van der Waals surface area (Å²) in [6, 6.07) is 0. The van der Waals surface area contributed by atoms with Crippen molar-refractivity contribution in [3.05, 3.63) is 22.5 Å². The number of anilines is 1. The number of amides is 1. The van der Waals surface area contributed by atoms with Gasteiger partial charge >= 0.3 is 12.3 Å². The summed E-state index contributed by atoms with van der Waals surface area (Å²) in [7, 11) is 0. The molecule has 0 saturated heterocycles. The minimum Gasteiger partial charge on any atom is -0.465 e. The highest BCUT2D eigenvalue weighted by atomic mass is 19.4. The fourth-order valence-corrected chi connectivity index (χ4v) is 2.47. The Kier molecular flexibility index (Phi) is 3.15. The van der Waals surface area contributed by atoms with E-state index in [2.05, 4.69) is 10.3 Å². The van der Waals surface area contributed by atoms with Gasteiger partial charge in [0, 0.05) is 11.3 Å². The SMILES string of the molecule is Cc1c(C(F)(F)F)nc2c(c1NC(=O)O)CC(C)C2. The molecule has 0 radical (unpaired) electrons. The number of hydrogen-bond acceptors (Lipinski definition) is 2. The van der Waals surface area contributed by atoms with Gasteiger partial charge in [-0.1, -0.05) is 6.92 Å². The molecule has 1 aliphatic carbocycles. The van der Waals surface area contributed by atoms with E-state index in [1.54, 1.807) is 0 Å². The Morgan fingerprint density at radius 2 is 2.05 bits per heavy atom. The molecule has 0 aromatic carbocycles. The molecular formula is C12H13F3N2O2. The van der Waals surface area contributed by atoms with Crippen LogP contribution in [0.1, 0.15) is 29.4 Å². The van der Waals surface area contributed by atoms with Crippen LogP contribution in [-0.4, -0.2) is 16.2 Å². The lowest BCUT2D eigenvalue weighted by molar-refractivity contribution is -0.141. The van der Waals surface area contributed by atoms with Crippen LogP contribution in [0.15, 0.2) is 0 Å². The Balaban J connectivity index is 2.63. The summed E-state index contributed by atoms with van der Waals surface area (Å²) in [6.07, 6.45) is -4.98. The number of nitrogens with zero attached hydrogens (tertiary/aromatic N) is 1. The van der Waals surface area contributed by atoms with Crippen LogP contribution in [0.3, 0.4) is 0 Å². The Bertz CT molecular complexity index is 541. The second-order valence-electron chi connectivity index (χ2n) is 4.83. The standard InChI is InChI=1S/C12H13F3N2O2/c1-5-3-7-8(4-5)16-10(12(13,14)15)6(2)9(7)17-11(18)19/h5H,3-4H2,1-2H3,(H,16,17)(H,18,19). The Morgan fingerprint density at radius 1 is 1.42 bits per heavy atom. The third kappa shape index (κ3) is 2.50. The summed E-state index contributed by atoms with van der Waals surface area (Å²) in [5.74, 6) is 0.166. The fraction of sp³-hybridized carbons (Fsp3) is 0.500. The van der Waals surface area contributed by atoms with Gasteiger partial charge in [-0.3, -0.25) is 5.32 Å². The van der Waals surface area contributed by atoms with E-state index in [9.17, 15) is 18.0 Å². The third-order valence-electron chi connectivity index (χ3n) is 3.22. The van der Waals surface area contributed by atoms with Crippen molar-refractivity contribution in [2.45, 2.75) is 32.9 Å². The quantitative estimate of drug-likeness (QED) is 0.826. The van der Waals surface area contributed by atoms with Crippen LogP contribution < -0.4 is 5.32 Å². The maximum Gasteiger partial charge on any atom is 0.433 e. The summed E-state index contributed by atoms with van der Waals surface area (Å²) in [6.45, 7) is 3.14. The number of fused-ring (bicyclic) bond motifs is 1. The molecule has 2 N–H and O–H groups in total. The molecule has 1 unspecified atom stereocenters. The van der Waals surface area contributed by atoms with Gasteiger partial charge in [0.1, 0.15) is 5.69 Å². The number of aromatic nitrogens is 1. The molecule has 0 spiro atoms. The van der Waals surface area contributed by atoms with E-state index in [1.807, 2.05) is 6.92 Å². The van der Waals surface area contributed by atoms with E-state index in [0.717, 1.165) is 0 Å². The van der Waals surface area contributed by atoms with Crippen molar-refractivity contribution in [3.8, 4) is 0 Å².